The van der Waals surface area contributed by atoms with Gasteiger partial charge in [0.1, 0.15) is 0 Å². The Balaban J connectivity index is -0.0000000420. The van der Waals surface area contributed by atoms with Crippen LogP contribution in [0.2, 0.25) is 0 Å². The van der Waals surface area contributed by atoms with Gasteiger partial charge in [-0.25, -0.2) is 0 Å². The monoisotopic (exact) mass is 427 g/mol. The Morgan fingerprint density at radius 2 is 0.769 bits per heavy atom. The summed E-state index contributed by atoms with van der Waals surface area (Å²) in [5.41, 5.74) is 0. The van der Waals surface area contributed by atoms with E-state index >= 15 is 0 Å². The molecule has 0 aliphatic rings. The van der Waals surface area contributed by atoms with Crippen LogP contribution in [0.4, 0.5) is 0 Å². The number of aliphatic hydroxyl groups is 3. The topological polar surface area (TPSA) is 60.7 Å². The summed E-state index contributed by atoms with van der Waals surface area (Å²) in [5, 5.41) is 22.7. The van der Waals surface area contributed by atoms with Crippen LogP contribution in [0.15, 0.2) is 0 Å². The molecule has 0 saturated heterocycles. The second-order valence-electron chi connectivity index (χ2n) is 1.12. The molecule has 0 saturated carbocycles. The van der Waals surface area contributed by atoms with Gasteiger partial charge in [-0.05, 0) is 20.8 Å². The normalized spacial score (nSPS) is 6.92. The second kappa shape index (κ2) is 37.6. The number of aliphatic hydroxyl groups excluding tert-OH is 3. The first kappa shape index (κ1) is 23.9. The van der Waals surface area contributed by atoms with Gasteiger partial charge < -0.3 is 15.3 Å². The molecule has 0 spiro atoms. The van der Waals surface area contributed by atoms with Crippen molar-refractivity contribution in [3.8, 4) is 0 Å². The Hall–Kier alpha value is 1.44. The maximum absolute atomic E-state index is 7.57. The molecule has 0 aliphatic carbocycles. The van der Waals surface area contributed by atoms with Gasteiger partial charge in [0.15, 0.2) is 0 Å². The van der Waals surface area contributed by atoms with Crippen LogP contribution in [-0.2, 0) is 14.2 Å². The van der Waals surface area contributed by atoms with Crippen LogP contribution in [0, 0.1) is 0 Å². The van der Waals surface area contributed by atoms with Crippen LogP contribution in [0.25, 0.3) is 0 Å². The van der Waals surface area contributed by atoms with E-state index in [-0.39, 0.29) is 19.8 Å². The van der Waals surface area contributed by atoms with Crippen molar-refractivity contribution in [3.05, 3.63) is 0 Å². The van der Waals surface area contributed by atoms with Gasteiger partial charge in [-0.15, -0.1) is 0 Å². The predicted octanol–water partition coefficient (Wildman–Crippen LogP) is 2.06. The van der Waals surface area contributed by atoms with E-state index in [0.717, 1.165) is 0 Å². The number of hydrogen-bond acceptors (Lipinski definition) is 3. The number of hydrogen-bond donors (Lipinski definition) is 3. The summed E-state index contributed by atoms with van der Waals surface area (Å²) >= 11 is -2.11. The molecule has 7 heteroatoms. The standard InChI is InChI=1S/3C2H6O.3ClH.W/c3*1-2-3;;;;/h3*3H,2H2,1H3;3*1H;/q;;;;;;+3/p-3. The molecule has 0 aromatic rings. The molecule has 0 fully saturated rings. The van der Waals surface area contributed by atoms with Crippen molar-refractivity contribution in [1.29, 1.82) is 0 Å². The summed E-state index contributed by atoms with van der Waals surface area (Å²) in [6.45, 7) is 5.79. The molecule has 0 radical (unpaired) electrons. The average molecular weight is 428 g/mol. The Morgan fingerprint density at radius 1 is 0.769 bits per heavy atom. The van der Waals surface area contributed by atoms with E-state index in [0.29, 0.717) is 0 Å². The fourth-order valence-electron chi connectivity index (χ4n) is 0. The van der Waals surface area contributed by atoms with Gasteiger partial charge in [-0.2, -0.15) is 0 Å². The molecule has 3 nitrogen and oxygen atoms in total. The van der Waals surface area contributed by atoms with Crippen molar-refractivity contribution in [2.75, 3.05) is 19.8 Å². The minimum absolute atomic E-state index is 0.250. The molecule has 87 valence electrons. The second-order valence-corrected chi connectivity index (χ2v) is 13.8. The zero-order valence-corrected chi connectivity index (χ0v) is 13.2. The quantitative estimate of drug-likeness (QED) is 0.554. The van der Waals surface area contributed by atoms with Crippen molar-refractivity contribution in [2.24, 2.45) is 0 Å². The first-order chi connectivity index (χ1) is 5.97. The third-order valence-corrected chi connectivity index (χ3v) is 0. The van der Waals surface area contributed by atoms with Crippen molar-refractivity contribution >= 4 is 28.3 Å². The van der Waals surface area contributed by atoms with Crippen LogP contribution >= 0.6 is 28.3 Å². The van der Waals surface area contributed by atoms with Crippen molar-refractivity contribution in [2.45, 2.75) is 20.8 Å². The summed E-state index contributed by atoms with van der Waals surface area (Å²) in [5.74, 6) is 0. The SMILES string of the molecule is CCO.CCO.CCO.[Cl][W]([Cl])[Cl]. The van der Waals surface area contributed by atoms with E-state index in [1.165, 1.54) is 0 Å². The van der Waals surface area contributed by atoms with Crippen LogP contribution in [0.5, 0.6) is 0 Å². The zero-order chi connectivity index (χ0) is 11.7. The fourth-order valence-corrected chi connectivity index (χ4v) is 0. The first-order valence-corrected chi connectivity index (χ1v) is 14.4. The Morgan fingerprint density at radius 3 is 0.769 bits per heavy atom. The molecule has 0 amide bonds. The molecule has 0 rings (SSSR count). The molecule has 0 atom stereocenters. The van der Waals surface area contributed by atoms with Gasteiger partial charge in [0.2, 0.25) is 0 Å². The van der Waals surface area contributed by atoms with Gasteiger partial charge in [0.05, 0.1) is 0 Å². The predicted molar refractivity (Wildman–Crippen MR) is 55.8 cm³/mol. The van der Waals surface area contributed by atoms with Crippen LogP contribution in [0.3, 0.4) is 0 Å². The first-order valence-electron chi connectivity index (χ1n) is 3.53. The number of halogens is 3. The summed E-state index contributed by atoms with van der Waals surface area (Å²) in [4.78, 5) is 0. The Labute approximate surface area is 98.0 Å². The molecule has 0 heterocycles. The summed E-state index contributed by atoms with van der Waals surface area (Å²) in [7, 11) is 15.0. The van der Waals surface area contributed by atoms with E-state index in [1.807, 2.05) is 0 Å². The molecule has 0 aliphatic heterocycles. The molecule has 0 unspecified atom stereocenters. The van der Waals surface area contributed by atoms with E-state index in [9.17, 15) is 0 Å². The van der Waals surface area contributed by atoms with Crippen molar-refractivity contribution in [3.63, 3.8) is 0 Å². The minimum atomic E-state index is -2.11. The van der Waals surface area contributed by atoms with Crippen LogP contribution in [0.1, 0.15) is 20.8 Å². The maximum atomic E-state index is 7.57. The van der Waals surface area contributed by atoms with E-state index in [2.05, 4.69) is 0 Å². The number of rotatable bonds is 0. The molecule has 0 aromatic heterocycles. The molecular weight excluding hydrogens is 410 g/mol. The van der Waals surface area contributed by atoms with Crippen LogP contribution in [-0.4, -0.2) is 35.1 Å². The van der Waals surface area contributed by atoms with Gasteiger partial charge in [0.25, 0.3) is 0 Å². The molecule has 0 bridgehead atoms. The van der Waals surface area contributed by atoms with Gasteiger partial charge in [-0.3, -0.25) is 0 Å². The third-order valence-electron chi connectivity index (χ3n) is 0. The van der Waals surface area contributed by atoms with Crippen molar-refractivity contribution in [1.82, 2.24) is 0 Å². The molecule has 0 aromatic carbocycles. The summed E-state index contributed by atoms with van der Waals surface area (Å²) in [6, 6.07) is 0. The van der Waals surface area contributed by atoms with Crippen LogP contribution < -0.4 is 0 Å². The average Bonchev–Trinajstić information content (AvgIpc) is 1.88. The van der Waals surface area contributed by atoms with E-state index in [4.69, 9.17) is 43.6 Å². The van der Waals surface area contributed by atoms with Crippen molar-refractivity contribution < 1.29 is 29.5 Å². The van der Waals surface area contributed by atoms with Gasteiger partial charge in [0, 0.05) is 19.8 Å². The van der Waals surface area contributed by atoms with E-state index in [1.54, 1.807) is 20.8 Å². The fraction of sp³-hybridized carbons (Fsp3) is 1.00. The summed E-state index contributed by atoms with van der Waals surface area (Å²) in [6.07, 6.45) is 0. The Kier molecular flexibility index (Phi) is 69.2. The zero-order valence-electron chi connectivity index (χ0n) is 8.01. The third kappa shape index (κ3) is 850. The molecule has 13 heavy (non-hydrogen) atoms. The summed E-state index contributed by atoms with van der Waals surface area (Å²) < 4.78 is 0. The van der Waals surface area contributed by atoms with Gasteiger partial charge in [-0.1, -0.05) is 0 Å². The van der Waals surface area contributed by atoms with E-state index < -0.39 is 14.2 Å². The molecule has 3 N–H and O–H groups in total. The van der Waals surface area contributed by atoms with Gasteiger partial charge >= 0.3 is 42.4 Å². The molecular formula is C6H18Cl3O3W. The Bertz CT molecular complexity index is 44.6.